The minimum atomic E-state index is -4.14. The SMILES string of the molecule is CC(OP(=O)(O)OC(C)c1ccccc1)c1ccccc1. The first-order valence-corrected chi connectivity index (χ1v) is 8.27. The van der Waals surface area contributed by atoms with E-state index in [1.807, 2.05) is 60.7 Å². The lowest BCUT2D eigenvalue weighted by Gasteiger charge is -2.21. The molecule has 0 saturated heterocycles. The summed E-state index contributed by atoms with van der Waals surface area (Å²) in [7, 11) is -4.14. The Morgan fingerprint density at radius 2 is 1.14 bits per heavy atom. The molecule has 2 rings (SSSR count). The highest BCUT2D eigenvalue weighted by atomic mass is 31.2. The van der Waals surface area contributed by atoms with Crippen molar-refractivity contribution in [3.8, 4) is 0 Å². The second-order valence-corrected chi connectivity index (χ2v) is 6.14. The van der Waals surface area contributed by atoms with Crippen molar-refractivity contribution in [2.45, 2.75) is 26.1 Å². The van der Waals surface area contributed by atoms with Gasteiger partial charge in [0.15, 0.2) is 0 Å². The second-order valence-electron chi connectivity index (χ2n) is 4.79. The highest BCUT2D eigenvalue weighted by Gasteiger charge is 2.28. The normalized spacial score (nSPS) is 16.9. The zero-order chi connectivity index (χ0) is 15.3. The highest BCUT2D eigenvalue weighted by Crippen LogP contribution is 2.51. The first-order valence-electron chi connectivity index (χ1n) is 6.77. The molecule has 0 spiro atoms. The summed E-state index contributed by atoms with van der Waals surface area (Å²) in [5, 5.41) is 0. The molecule has 5 heteroatoms. The van der Waals surface area contributed by atoms with E-state index >= 15 is 0 Å². The van der Waals surface area contributed by atoms with Crippen LogP contribution < -0.4 is 0 Å². The highest BCUT2D eigenvalue weighted by molar-refractivity contribution is 7.47. The van der Waals surface area contributed by atoms with Gasteiger partial charge in [-0.1, -0.05) is 60.7 Å². The Kier molecular flexibility index (Phi) is 5.32. The van der Waals surface area contributed by atoms with Crippen LogP contribution in [0.15, 0.2) is 60.7 Å². The lowest BCUT2D eigenvalue weighted by Crippen LogP contribution is -2.04. The summed E-state index contributed by atoms with van der Waals surface area (Å²) in [6.45, 7) is 3.43. The van der Waals surface area contributed by atoms with Crippen molar-refractivity contribution in [1.29, 1.82) is 0 Å². The van der Waals surface area contributed by atoms with Crippen LogP contribution in [0.3, 0.4) is 0 Å². The van der Waals surface area contributed by atoms with Gasteiger partial charge in [0, 0.05) is 0 Å². The molecule has 2 aromatic rings. The summed E-state index contributed by atoms with van der Waals surface area (Å²) < 4.78 is 22.5. The average Bonchev–Trinajstić information content (AvgIpc) is 2.48. The molecule has 4 nitrogen and oxygen atoms in total. The van der Waals surface area contributed by atoms with Crippen LogP contribution in [0.5, 0.6) is 0 Å². The van der Waals surface area contributed by atoms with E-state index in [9.17, 15) is 9.46 Å². The third-order valence-corrected chi connectivity index (χ3v) is 4.29. The van der Waals surface area contributed by atoms with E-state index in [2.05, 4.69) is 0 Å². The topological polar surface area (TPSA) is 55.8 Å². The van der Waals surface area contributed by atoms with Crippen molar-refractivity contribution in [2.24, 2.45) is 0 Å². The van der Waals surface area contributed by atoms with Crippen LogP contribution in [0.25, 0.3) is 0 Å². The van der Waals surface area contributed by atoms with E-state index in [-0.39, 0.29) is 0 Å². The Hall–Kier alpha value is -1.45. The summed E-state index contributed by atoms with van der Waals surface area (Å²) in [6, 6.07) is 18.5. The van der Waals surface area contributed by atoms with Crippen molar-refractivity contribution in [1.82, 2.24) is 0 Å². The summed E-state index contributed by atoms with van der Waals surface area (Å²) >= 11 is 0. The van der Waals surface area contributed by atoms with E-state index in [0.717, 1.165) is 11.1 Å². The van der Waals surface area contributed by atoms with Crippen LogP contribution in [-0.4, -0.2) is 4.89 Å². The molecule has 2 aromatic carbocycles. The molecule has 0 radical (unpaired) electrons. The lowest BCUT2D eigenvalue weighted by molar-refractivity contribution is 0.0859. The maximum absolute atomic E-state index is 12.1. The van der Waals surface area contributed by atoms with Crippen molar-refractivity contribution in [3.05, 3.63) is 71.8 Å². The van der Waals surface area contributed by atoms with E-state index in [1.165, 1.54) is 0 Å². The summed E-state index contributed by atoms with van der Waals surface area (Å²) in [5.74, 6) is 0. The molecule has 21 heavy (non-hydrogen) atoms. The maximum atomic E-state index is 12.1. The Labute approximate surface area is 125 Å². The molecular formula is C16H19O4P. The fraction of sp³-hybridized carbons (Fsp3) is 0.250. The summed E-state index contributed by atoms with van der Waals surface area (Å²) in [4.78, 5) is 9.89. The van der Waals surface area contributed by atoms with E-state index in [1.54, 1.807) is 13.8 Å². The van der Waals surface area contributed by atoms with E-state index in [0.29, 0.717) is 0 Å². The molecule has 0 bridgehead atoms. The molecule has 2 unspecified atom stereocenters. The fourth-order valence-corrected chi connectivity index (χ4v) is 3.09. The minimum absolute atomic E-state index is 0.523. The molecule has 0 fully saturated rings. The molecule has 112 valence electrons. The molecule has 2 atom stereocenters. The smallest absolute Gasteiger partial charge is 0.302 e. The zero-order valence-electron chi connectivity index (χ0n) is 12.0. The fourth-order valence-electron chi connectivity index (χ4n) is 1.99. The molecule has 0 aromatic heterocycles. The molecular weight excluding hydrogens is 287 g/mol. The quantitative estimate of drug-likeness (QED) is 0.790. The third kappa shape index (κ3) is 4.80. The maximum Gasteiger partial charge on any atom is 0.473 e. The first kappa shape index (κ1) is 15.9. The van der Waals surface area contributed by atoms with Gasteiger partial charge < -0.3 is 4.89 Å². The Morgan fingerprint density at radius 3 is 1.48 bits per heavy atom. The standard InChI is InChI=1S/C16H19O4P/c1-13(15-9-5-3-6-10-15)19-21(17,18)20-14(2)16-11-7-4-8-12-16/h3-14H,1-2H3,(H,17,18). The number of rotatable bonds is 6. The van der Waals surface area contributed by atoms with Gasteiger partial charge in [-0.2, -0.15) is 0 Å². The monoisotopic (exact) mass is 306 g/mol. The van der Waals surface area contributed by atoms with Crippen molar-refractivity contribution >= 4 is 7.82 Å². The second kappa shape index (κ2) is 7.01. The average molecular weight is 306 g/mol. The summed E-state index contributed by atoms with van der Waals surface area (Å²) in [5.41, 5.74) is 1.64. The number of phosphoric acid groups is 1. The van der Waals surface area contributed by atoms with Crippen molar-refractivity contribution < 1.29 is 18.5 Å². The Morgan fingerprint density at radius 1 is 0.810 bits per heavy atom. The lowest BCUT2D eigenvalue weighted by atomic mass is 10.1. The Balaban J connectivity index is 2.00. The van der Waals surface area contributed by atoms with Crippen LogP contribution in [0, 0.1) is 0 Å². The molecule has 0 saturated carbocycles. The Bertz CT molecular complexity index is 549. The molecule has 0 aliphatic carbocycles. The largest absolute Gasteiger partial charge is 0.473 e. The van der Waals surface area contributed by atoms with Gasteiger partial charge in [0.2, 0.25) is 0 Å². The molecule has 0 amide bonds. The van der Waals surface area contributed by atoms with Crippen LogP contribution >= 0.6 is 7.82 Å². The number of phosphoric ester groups is 1. The predicted molar refractivity (Wildman–Crippen MR) is 81.7 cm³/mol. The van der Waals surface area contributed by atoms with Crippen LogP contribution in [0.1, 0.15) is 37.2 Å². The van der Waals surface area contributed by atoms with Gasteiger partial charge >= 0.3 is 7.82 Å². The number of benzene rings is 2. The van der Waals surface area contributed by atoms with Gasteiger partial charge in [-0.25, -0.2) is 4.57 Å². The third-order valence-electron chi connectivity index (χ3n) is 3.12. The number of hydrogen-bond acceptors (Lipinski definition) is 3. The minimum Gasteiger partial charge on any atom is -0.302 e. The van der Waals surface area contributed by atoms with Crippen LogP contribution in [0.2, 0.25) is 0 Å². The van der Waals surface area contributed by atoms with Crippen molar-refractivity contribution in [3.63, 3.8) is 0 Å². The summed E-state index contributed by atoms with van der Waals surface area (Å²) in [6.07, 6.45) is -1.05. The zero-order valence-corrected chi connectivity index (χ0v) is 12.9. The van der Waals surface area contributed by atoms with E-state index in [4.69, 9.17) is 9.05 Å². The molecule has 0 aliphatic rings. The van der Waals surface area contributed by atoms with Gasteiger partial charge in [-0.15, -0.1) is 0 Å². The number of hydrogen-bond donors (Lipinski definition) is 1. The molecule has 0 heterocycles. The van der Waals surface area contributed by atoms with Gasteiger partial charge in [-0.05, 0) is 25.0 Å². The predicted octanol–water partition coefficient (Wildman–Crippen LogP) is 4.64. The van der Waals surface area contributed by atoms with Gasteiger partial charge in [-0.3, -0.25) is 9.05 Å². The van der Waals surface area contributed by atoms with Gasteiger partial charge in [0.1, 0.15) is 0 Å². The van der Waals surface area contributed by atoms with Gasteiger partial charge in [0.05, 0.1) is 12.2 Å². The molecule has 1 N–H and O–H groups in total. The van der Waals surface area contributed by atoms with Gasteiger partial charge in [0.25, 0.3) is 0 Å². The van der Waals surface area contributed by atoms with Crippen LogP contribution in [0.4, 0.5) is 0 Å². The van der Waals surface area contributed by atoms with E-state index < -0.39 is 20.0 Å². The first-order chi connectivity index (χ1) is 9.98. The van der Waals surface area contributed by atoms with Crippen LogP contribution in [-0.2, 0) is 13.6 Å². The van der Waals surface area contributed by atoms with Crippen molar-refractivity contribution in [2.75, 3.05) is 0 Å². The molecule has 0 aliphatic heterocycles.